The predicted molar refractivity (Wildman–Crippen MR) is 136 cm³/mol. The number of halogens is 1. The van der Waals surface area contributed by atoms with E-state index < -0.39 is 31.6 Å². The highest BCUT2D eigenvalue weighted by Crippen LogP contribution is 2.59. The van der Waals surface area contributed by atoms with Crippen molar-refractivity contribution in [2.45, 2.75) is 62.7 Å². The number of benzene rings is 2. The summed E-state index contributed by atoms with van der Waals surface area (Å²) in [6.07, 6.45) is -0.256. The van der Waals surface area contributed by atoms with Gasteiger partial charge < -0.3 is 28.9 Å². The van der Waals surface area contributed by atoms with E-state index in [0.717, 1.165) is 11.1 Å². The first-order valence-corrected chi connectivity index (χ1v) is 15.4. The zero-order chi connectivity index (χ0) is 25.8. The molecule has 0 aliphatic carbocycles. The molecule has 9 heteroatoms. The van der Waals surface area contributed by atoms with Crippen LogP contribution in [0.4, 0.5) is 9.80 Å². The monoisotopic (exact) mass is 512 g/mol. The van der Waals surface area contributed by atoms with Gasteiger partial charge in [-0.05, 0) is 48.8 Å². The molecule has 3 aliphatic rings. The van der Waals surface area contributed by atoms with Crippen LogP contribution in [-0.4, -0.2) is 56.1 Å². The lowest BCUT2D eigenvalue weighted by atomic mass is 9.82. The minimum Gasteiger partial charge on any atom is -0.497 e. The molecule has 7 nitrogen and oxygen atoms in total. The van der Waals surface area contributed by atoms with Crippen LogP contribution in [0.3, 0.4) is 0 Å². The molecule has 0 unspecified atom stereocenters. The zero-order valence-corrected chi connectivity index (χ0v) is 22.1. The Morgan fingerprint density at radius 1 is 1.28 bits per heavy atom. The molecule has 2 aromatic carbocycles. The Hall–Kier alpha value is -2.75. The van der Waals surface area contributed by atoms with Gasteiger partial charge in [-0.25, -0.2) is 0 Å². The van der Waals surface area contributed by atoms with Crippen molar-refractivity contribution in [2.75, 3.05) is 19.0 Å². The van der Waals surface area contributed by atoms with Gasteiger partial charge >= 0.3 is 0 Å². The predicted octanol–water partition coefficient (Wildman–Crippen LogP) is 3.76. The van der Waals surface area contributed by atoms with E-state index in [-0.39, 0.29) is 30.9 Å². The molecule has 0 saturated carbocycles. The van der Waals surface area contributed by atoms with Crippen LogP contribution in [-0.2, 0) is 32.9 Å². The van der Waals surface area contributed by atoms with Crippen LogP contribution in [0, 0.1) is 5.92 Å². The first kappa shape index (κ1) is 24.9. The van der Waals surface area contributed by atoms with Gasteiger partial charge in [-0.3, -0.25) is 9.59 Å². The Balaban J connectivity index is 1.48. The summed E-state index contributed by atoms with van der Waals surface area (Å²) >= 11 is 0. The molecular formula is C27H33FN2O5Si. The molecule has 5 atom stereocenters. The molecule has 1 saturated heterocycles. The average molecular weight is 513 g/mol. The number of hydrogen-bond acceptors (Lipinski definition) is 5. The largest absolute Gasteiger partial charge is 0.497 e. The van der Waals surface area contributed by atoms with Crippen molar-refractivity contribution < 1.29 is 28.3 Å². The number of ether oxygens (including phenoxy) is 2. The first-order valence-electron chi connectivity index (χ1n) is 12.4. The maximum absolute atomic E-state index is 15.8. The third-order valence-electron chi connectivity index (χ3n) is 8.19. The molecular weight excluding hydrogens is 479 g/mol. The van der Waals surface area contributed by atoms with Gasteiger partial charge in [-0.15, -0.1) is 0 Å². The fraction of sp³-hybridized carbons (Fsp3) is 0.481. The number of methoxy groups -OCH3 is 1. The summed E-state index contributed by atoms with van der Waals surface area (Å²) in [5.74, 6) is -0.445. The van der Waals surface area contributed by atoms with Gasteiger partial charge in [0, 0.05) is 29.3 Å². The molecule has 192 valence electrons. The van der Waals surface area contributed by atoms with Gasteiger partial charge in [-0.2, -0.15) is 0 Å². The number of carbonyl (C=O) groups excluding carboxylic acids is 2. The van der Waals surface area contributed by atoms with E-state index in [9.17, 15) is 14.7 Å². The molecule has 0 aromatic heterocycles. The van der Waals surface area contributed by atoms with E-state index in [4.69, 9.17) is 9.47 Å². The van der Waals surface area contributed by atoms with Crippen LogP contribution < -0.4 is 10.1 Å². The third-order valence-corrected chi connectivity index (χ3v) is 10.6. The smallest absolute Gasteiger partial charge is 0.261 e. The highest BCUT2D eigenvalue weighted by molar-refractivity contribution is 6.72. The lowest BCUT2D eigenvalue weighted by Crippen LogP contribution is -2.48. The Morgan fingerprint density at radius 2 is 2.00 bits per heavy atom. The number of anilines is 1. The second-order valence-electron chi connectivity index (χ2n) is 10.7. The molecule has 1 fully saturated rings. The van der Waals surface area contributed by atoms with Gasteiger partial charge in [0.05, 0.1) is 32.3 Å². The highest BCUT2D eigenvalue weighted by atomic mass is 28.4. The minimum absolute atomic E-state index is 0.0532. The lowest BCUT2D eigenvalue weighted by Gasteiger charge is -2.37. The number of hydrogen-bond donors (Lipinski definition) is 2. The van der Waals surface area contributed by atoms with Crippen LogP contribution in [0.2, 0.25) is 18.6 Å². The second kappa shape index (κ2) is 8.97. The van der Waals surface area contributed by atoms with Gasteiger partial charge in [0.2, 0.25) is 14.3 Å². The number of aliphatic hydroxyl groups excluding tert-OH is 1. The summed E-state index contributed by atoms with van der Waals surface area (Å²) in [5.41, 5.74) is 1.44. The summed E-state index contributed by atoms with van der Waals surface area (Å²) < 4.78 is 27.8. The van der Waals surface area contributed by atoms with E-state index in [1.807, 2.05) is 31.2 Å². The fourth-order valence-electron chi connectivity index (χ4n) is 6.50. The van der Waals surface area contributed by atoms with Crippen LogP contribution >= 0.6 is 0 Å². The average Bonchev–Trinajstić information content (AvgIpc) is 3.30. The molecule has 36 heavy (non-hydrogen) atoms. The van der Waals surface area contributed by atoms with Crippen molar-refractivity contribution >= 4 is 25.9 Å². The van der Waals surface area contributed by atoms with Crippen LogP contribution in [0.25, 0.3) is 0 Å². The second-order valence-corrected chi connectivity index (χ2v) is 14.5. The number of fused-ring (bicyclic) bond motifs is 3. The maximum atomic E-state index is 15.8. The Morgan fingerprint density at radius 3 is 2.67 bits per heavy atom. The molecule has 3 aliphatic heterocycles. The molecule has 0 bridgehead atoms. The zero-order valence-electron chi connectivity index (χ0n) is 21.1. The van der Waals surface area contributed by atoms with Gasteiger partial charge in [0.25, 0.3) is 5.91 Å². The summed E-state index contributed by atoms with van der Waals surface area (Å²) in [6.45, 7) is 5.30. The summed E-state index contributed by atoms with van der Waals surface area (Å²) in [4.78, 5) is 28.7. The molecule has 2 amide bonds. The highest BCUT2D eigenvalue weighted by Gasteiger charge is 2.65. The number of carbonyl (C=O) groups is 2. The van der Waals surface area contributed by atoms with Crippen molar-refractivity contribution in [3.05, 3.63) is 59.2 Å². The quantitative estimate of drug-likeness (QED) is 0.471. The van der Waals surface area contributed by atoms with E-state index in [1.54, 1.807) is 43.3 Å². The van der Waals surface area contributed by atoms with Crippen molar-refractivity contribution in [1.29, 1.82) is 0 Å². The Kier molecular flexibility index (Phi) is 6.21. The van der Waals surface area contributed by atoms with Crippen LogP contribution in [0.15, 0.2) is 42.5 Å². The van der Waals surface area contributed by atoms with E-state index in [1.165, 1.54) is 0 Å². The lowest BCUT2D eigenvalue weighted by molar-refractivity contribution is -0.149. The maximum Gasteiger partial charge on any atom is 0.261 e. The third kappa shape index (κ3) is 3.84. The molecule has 0 radical (unpaired) electrons. The standard InChI is InChI=1S/C27H33FN2O5Si/c1-16-25(36(3,4)28)23(35-27(16)21-12-20(34-2)9-10-22(21)29-26(27)33)13-24(32)30-14-18-8-6-5-7-17(18)11-19(30)15-31/h5-10,12,16,19,23,25,31H,11,13-15H2,1-4H3,(H,29,33)/t16-,19+,23+,25-,27+/m1/s1. The van der Waals surface area contributed by atoms with Gasteiger partial charge in [0.1, 0.15) is 5.75 Å². The van der Waals surface area contributed by atoms with E-state index in [2.05, 4.69) is 5.32 Å². The SMILES string of the molecule is COc1ccc2c(c1)[C@]1(O[C@@H](CC(=O)N3Cc4ccccc4C[C@H]3CO)[C@H]([Si](C)(C)F)[C@H]1C)C(=O)N2. The minimum atomic E-state index is -3.37. The molecule has 3 heterocycles. The number of nitrogens with zero attached hydrogens (tertiary/aromatic N) is 1. The normalized spacial score (nSPS) is 29.2. The van der Waals surface area contributed by atoms with Gasteiger partial charge in [0.15, 0.2) is 5.60 Å². The van der Waals surface area contributed by atoms with E-state index in [0.29, 0.717) is 30.0 Å². The number of aliphatic hydroxyl groups is 1. The Labute approximate surface area is 211 Å². The van der Waals surface area contributed by atoms with Crippen molar-refractivity contribution in [1.82, 2.24) is 4.90 Å². The molecule has 2 N–H and O–H groups in total. The molecule has 2 aromatic rings. The van der Waals surface area contributed by atoms with E-state index >= 15 is 4.11 Å². The molecule has 5 rings (SSSR count). The number of rotatable bonds is 5. The van der Waals surface area contributed by atoms with Crippen LogP contribution in [0.1, 0.15) is 30.0 Å². The molecule has 1 spiro atoms. The summed E-state index contributed by atoms with van der Waals surface area (Å²) in [6, 6.07) is 12.8. The first-order chi connectivity index (χ1) is 17.1. The van der Waals surface area contributed by atoms with Gasteiger partial charge in [-0.1, -0.05) is 31.2 Å². The van der Waals surface area contributed by atoms with Crippen molar-refractivity contribution in [3.8, 4) is 5.75 Å². The number of amides is 2. The van der Waals surface area contributed by atoms with Crippen molar-refractivity contribution in [2.24, 2.45) is 5.92 Å². The number of nitrogens with one attached hydrogen (secondary N) is 1. The summed E-state index contributed by atoms with van der Waals surface area (Å²) in [5, 5.41) is 12.9. The Bertz CT molecular complexity index is 1200. The topological polar surface area (TPSA) is 88.1 Å². The van der Waals surface area contributed by atoms with Crippen molar-refractivity contribution in [3.63, 3.8) is 0 Å². The summed E-state index contributed by atoms with van der Waals surface area (Å²) in [7, 11) is -1.82. The van der Waals surface area contributed by atoms with Crippen LogP contribution in [0.5, 0.6) is 5.75 Å². The fourth-order valence-corrected chi connectivity index (χ4v) is 9.00.